The number of hydrogen-bond donors (Lipinski definition) is 3. The number of nitrogens with one attached hydrogen (secondary N) is 2. The Morgan fingerprint density at radius 2 is 2.53 bits per heavy atom. The van der Waals surface area contributed by atoms with E-state index < -0.39 is 0 Å². The summed E-state index contributed by atoms with van der Waals surface area (Å²) in [5, 5.41) is 9.73. The molecule has 0 spiro atoms. The van der Waals surface area contributed by atoms with Crippen LogP contribution in [0.5, 0.6) is 0 Å². The Hall–Kier alpha value is -2.38. The number of nitrogens with two attached hydrogens (primary N) is 1. The van der Waals surface area contributed by atoms with Crippen molar-refractivity contribution in [1.29, 1.82) is 0 Å². The van der Waals surface area contributed by atoms with Gasteiger partial charge in [0.1, 0.15) is 6.54 Å². The first kappa shape index (κ1) is 9.19. The van der Waals surface area contributed by atoms with E-state index in [1.54, 1.807) is 12.4 Å². The quantitative estimate of drug-likeness (QED) is 0.610. The van der Waals surface area contributed by atoms with Crippen LogP contribution in [0, 0.1) is 0 Å². The van der Waals surface area contributed by atoms with Crippen LogP contribution in [0.2, 0.25) is 0 Å². The van der Waals surface area contributed by atoms with Crippen LogP contribution in [0.4, 0.5) is 11.8 Å². The molecule has 0 aliphatic rings. The lowest BCUT2D eigenvalue weighted by molar-refractivity contribution is -0.117. The number of imidazole rings is 1. The van der Waals surface area contributed by atoms with E-state index in [9.17, 15) is 4.79 Å². The average Bonchev–Trinajstić information content (AvgIpc) is 2.77. The molecule has 1 amide bonds. The van der Waals surface area contributed by atoms with Gasteiger partial charge in [-0.15, -0.1) is 5.10 Å². The number of aromatic nitrogens is 5. The first-order chi connectivity index (χ1) is 7.24. The van der Waals surface area contributed by atoms with Crippen molar-refractivity contribution in [3.8, 4) is 0 Å². The lowest BCUT2D eigenvalue weighted by Crippen LogP contribution is -2.19. The molecule has 0 unspecified atom stereocenters. The van der Waals surface area contributed by atoms with Crippen molar-refractivity contribution in [2.24, 2.45) is 0 Å². The van der Waals surface area contributed by atoms with Crippen molar-refractivity contribution in [2.75, 3.05) is 11.1 Å². The largest absolute Gasteiger partial charge is 0.381 e. The Morgan fingerprint density at radius 3 is 3.13 bits per heavy atom. The molecule has 0 aromatic carbocycles. The van der Waals surface area contributed by atoms with E-state index in [-0.39, 0.29) is 18.3 Å². The third-order valence-electron chi connectivity index (χ3n) is 1.62. The number of amides is 1. The Balaban J connectivity index is 1.93. The van der Waals surface area contributed by atoms with Crippen molar-refractivity contribution < 1.29 is 4.79 Å². The van der Waals surface area contributed by atoms with Crippen LogP contribution in [0.25, 0.3) is 0 Å². The first-order valence-corrected chi connectivity index (χ1v) is 4.19. The molecular weight excluding hydrogens is 198 g/mol. The second kappa shape index (κ2) is 3.78. The zero-order chi connectivity index (χ0) is 10.7. The van der Waals surface area contributed by atoms with Gasteiger partial charge in [0.25, 0.3) is 0 Å². The highest BCUT2D eigenvalue weighted by molar-refractivity contribution is 5.88. The molecule has 4 N–H and O–H groups in total. The van der Waals surface area contributed by atoms with E-state index >= 15 is 0 Å². The summed E-state index contributed by atoms with van der Waals surface area (Å²) >= 11 is 0. The predicted octanol–water partition coefficient (Wildman–Crippen LogP) is -0.778. The Labute approximate surface area is 84.5 Å². The van der Waals surface area contributed by atoms with E-state index in [4.69, 9.17) is 5.73 Å². The highest BCUT2D eigenvalue weighted by Crippen LogP contribution is 1.97. The number of H-pyrrole nitrogens is 1. The number of carbonyl (C=O) groups excluding carboxylic acids is 1. The van der Waals surface area contributed by atoms with Gasteiger partial charge in [-0.25, -0.2) is 9.67 Å². The number of hydrogen-bond acceptors (Lipinski definition) is 5. The summed E-state index contributed by atoms with van der Waals surface area (Å²) in [5.41, 5.74) is 5.35. The van der Waals surface area contributed by atoms with Gasteiger partial charge in [0.05, 0.1) is 6.20 Å². The second-order valence-corrected chi connectivity index (χ2v) is 2.83. The number of nitrogens with zero attached hydrogens (tertiary/aromatic N) is 4. The molecule has 78 valence electrons. The molecule has 2 rings (SSSR count). The summed E-state index contributed by atoms with van der Waals surface area (Å²) in [4.78, 5) is 18.0. The Kier molecular flexibility index (Phi) is 2.31. The van der Waals surface area contributed by atoms with E-state index in [0.717, 1.165) is 0 Å². The van der Waals surface area contributed by atoms with E-state index in [1.807, 2.05) is 0 Å². The second-order valence-electron chi connectivity index (χ2n) is 2.83. The fraction of sp³-hybridized carbons (Fsp3) is 0.143. The smallest absolute Gasteiger partial charge is 0.248 e. The average molecular weight is 207 g/mol. The summed E-state index contributed by atoms with van der Waals surface area (Å²) in [5.74, 6) is 0.420. The number of rotatable bonds is 3. The van der Waals surface area contributed by atoms with Gasteiger partial charge in [-0.05, 0) is 0 Å². The van der Waals surface area contributed by atoms with Crippen molar-refractivity contribution in [3.05, 3.63) is 18.6 Å². The number of anilines is 2. The molecule has 0 aliphatic carbocycles. The number of aromatic amines is 1. The lowest BCUT2D eigenvalue weighted by atomic mass is 10.6. The molecule has 2 aromatic rings. The SMILES string of the molecule is Nc1cn(CC(=O)Nc2ncc[nH]2)nn1. The molecule has 0 aliphatic heterocycles. The maximum Gasteiger partial charge on any atom is 0.248 e. The molecule has 0 fully saturated rings. The van der Waals surface area contributed by atoms with Gasteiger partial charge in [-0.2, -0.15) is 0 Å². The van der Waals surface area contributed by atoms with Gasteiger partial charge in [-0.1, -0.05) is 5.21 Å². The fourth-order valence-electron chi connectivity index (χ4n) is 1.04. The van der Waals surface area contributed by atoms with Gasteiger partial charge >= 0.3 is 0 Å². The van der Waals surface area contributed by atoms with E-state index in [1.165, 1.54) is 10.9 Å². The first-order valence-electron chi connectivity index (χ1n) is 4.19. The van der Waals surface area contributed by atoms with Crippen molar-refractivity contribution in [1.82, 2.24) is 25.0 Å². The molecule has 8 nitrogen and oxygen atoms in total. The minimum Gasteiger partial charge on any atom is -0.381 e. The number of carbonyl (C=O) groups is 1. The van der Waals surface area contributed by atoms with Gasteiger partial charge < -0.3 is 10.7 Å². The van der Waals surface area contributed by atoms with Crippen LogP contribution in [0.3, 0.4) is 0 Å². The maximum atomic E-state index is 11.4. The maximum absolute atomic E-state index is 11.4. The lowest BCUT2D eigenvalue weighted by Gasteiger charge is -2.00. The van der Waals surface area contributed by atoms with Crippen LogP contribution < -0.4 is 11.1 Å². The molecule has 2 heterocycles. The molecule has 2 aromatic heterocycles. The van der Waals surface area contributed by atoms with Gasteiger partial charge in [0.15, 0.2) is 5.82 Å². The van der Waals surface area contributed by atoms with Crippen LogP contribution in [0.1, 0.15) is 0 Å². The summed E-state index contributed by atoms with van der Waals surface area (Å²) in [7, 11) is 0. The van der Waals surface area contributed by atoms with Gasteiger partial charge in [0.2, 0.25) is 11.9 Å². The number of nitrogen functional groups attached to an aromatic ring is 1. The zero-order valence-electron chi connectivity index (χ0n) is 7.71. The summed E-state index contributed by atoms with van der Waals surface area (Å²) in [6, 6.07) is 0. The summed E-state index contributed by atoms with van der Waals surface area (Å²) in [6.07, 6.45) is 4.63. The van der Waals surface area contributed by atoms with Crippen LogP contribution in [-0.4, -0.2) is 30.9 Å². The monoisotopic (exact) mass is 207 g/mol. The molecule has 0 radical (unpaired) electrons. The van der Waals surface area contributed by atoms with Crippen LogP contribution in [-0.2, 0) is 11.3 Å². The van der Waals surface area contributed by atoms with Crippen molar-refractivity contribution >= 4 is 17.7 Å². The molecule has 15 heavy (non-hydrogen) atoms. The predicted molar refractivity (Wildman–Crippen MR) is 51.7 cm³/mol. The minimum atomic E-state index is -0.255. The van der Waals surface area contributed by atoms with Gasteiger partial charge in [0, 0.05) is 12.4 Å². The topological polar surface area (TPSA) is 115 Å². The molecule has 0 saturated carbocycles. The summed E-state index contributed by atoms with van der Waals surface area (Å²) in [6.45, 7) is 0.0465. The van der Waals surface area contributed by atoms with Crippen molar-refractivity contribution in [3.63, 3.8) is 0 Å². The standard InChI is InChI=1S/C7H9N7O/c8-5-3-14(13-12-5)4-6(15)11-7-9-1-2-10-7/h1-3H,4,8H2,(H2,9,10,11,15). The normalized spacial score (nSPS) is 10.1. The molecular formula is C7H9N7O. The van der Waals surface area contributed by atoms with Crippen LogP contribution in [0.15, 0.2) is 18.6 Å². The van der Waals surface area contributed by atoms with E-state index in [0.29, 0.717) is 5.95 Å². The van der Waals surface area contributed by atoms with Crippen LogP contribution >= 0.6 is 0 Å². The Morgan fingerprint density at radius 1 is 1.67 bits per heavy atom. The molecule has 0 atom stereocenters. The third kappa shape index (κ3) is 2.30. The van der Waals surface area contributed by atoms with Crippen molar-refractivity contribution in [2.45, 2.75) is 6.54 Å². The Bertz CT molecular complexity index is 446. The zero-order valence-corrected chi connectivity index (χ0v) is 7.71. The molecule has 8 heteroatoms. The minimum absolute atomic E-state index is 0.0465. The highest BCUT2D eigenvalue weighted by Gasteiger charge is 2.05. The molecule has 0 bridgehead atoms. The highest BCUT2D eigenvalue weighted by atomic mass is 16.2. The molecule has 0 saturated heterocycles. The fourth-order valence-corrected chi connectivity index (χ4v) is 1.04. The van der Waals surface area contributed by atoms with Gasteiger partial charge in [-0.3, -0.25) is 10.1 Å². The van der Waals surface area contributed by atoms with E-state index in [2.05, 4.69) is 25.6 Å². The summed E-state index contributed by atoms with van der Waals surface area (Å²) < 4.78 is 1.34. The third-order valence-corrected chi connectivity index (χ3v) is 1.62.